The van der Waals surface area contributed by atoms with E-state index in [-0.39, 0.29) is 5.54 Å². The lowest BCUT2D eigenvalue weighted by Crippen LogP contribution is -2.58. The van der Waals surface area contributed by atoms with E-state index >= 15 is 0 Å². The van der Waals surface area contributed by atoms with Crippen LogP contribution >= 0.6 is 0 Å². The van der Waals surface area contributed by atoms with Crippen LogP contribution in [0.5, 0.6) is 0 Å². The van der Waals surface area contributed by atoms with E-state index in [1.807, 2.05) is 0 Å². The Kier molecular flexibility index (Phi) is 1.97. The van der Waals surface area contributed by atoms with Gasteiger partial charge in [-0.2, -0.15) is 0 Å². The molecule has 5 aliphatic rings. The number of hydrogen-bond donors (Lipinski definition) is 1. The van der Waals surface area contributed by atoms with Crippen LogP contribution in [-0.2, 0) is 0 Å². The minimum absolute atomic E-state index is 0.232. The Morgan fingerprint density at radius 3 is 2.11 bits per heavy atom. The summed E-state index contributed by atoms with van der Waals surface area (Å²) in [6.45, 7) is 5.01. The second-order valence-corrected chi connectivity index (χ2v) is 8.67. The quantitative estimate of drug-likeness (QED) is 0.588. The summed E-state index contributed by atoms with van der Waals surface area (Å²) in [6.07, 6.45) is 10.8. The molecule has 0 heterocycles. The molecule has 5 saturated carbocycles. The molecule has 2 unspecified atom stereocenters. The molecule has 0 aliphatic heterocycles. The molecule has 5 aliphatic carbocycles. The van der Waals surface area contributed by atoms with Crippen LogP contribution < -0.4 is 5.73 Å². The van der Waals surface area contributed by atoms with Crippen LogP contribution in [0.4, 0.5) is 0 Å². The average Bonchev–Trinajstić information content (AvgIpc) is 2.91. The van der Waals surface area contributed by atoms with Crippen molar-refractivity contribution in [2.75, 3.05) is 0 Å². The zero-order valence-corrected chi connectivity index (χ0v) is 11.8. The van der Waals surface area contributed by atoms with Crippen molar-refractivity contribution in [3.8, 4) is 0 Å². The first kappa shape index (κ1) is 11.3. The Hall–Kier alpha value is -0.530. The zero-order valence-electron chi connectivity index (χ0n) is 11.8. The van der Waals surface area contributed by atoms with Crippen LogP contribution in [0.2, 0.25) is 0 Å². The van der Waals surface area contributed by atoms with Gasteiger partial charge in [0.25, 0.3) is 0 Å². The molecule has 0 spiro atoms. The highest BCUT2D eigenvalue weighted by atomic mass is 15.0. The van der Waals surface area contributed by atoms with Crippen molar-refractivity contribution < 1.29 is 0 Å². The second kappa shape index (κ2) is 3.13. The third-order valence-electron chi connectivity index (χ3n) is 5.96. The van der Waals surface area contributed by atoms with Gasteiger partial charge in [0.15, 0.2) is 0 Å². The first-order chi connectivity index (χ1) is 8.40. The van der Waals surface area contributed by atoms with Gasteiger partial charge >= 0.3 is 0 Å². The van der Waals surface area contributed by atoms with Crippen molar-refractivity contribution in [3.05, 3.63) is 0 Å². The summed E-state index contributed by atoms with van der Waals surface area (Å²) in [6, 6.07) is 0. The molecule has 0 saturated heterocycles. The highest BCUT2D eigenvalue weighted by Gasteiger charge is 2.60. The maximum atomic E-state index is 6.24. The van der Waals surface area contributed by atoms with Gasteiger partial charge in [0.1, 0.15) is 0 Å². The molecule has 2 atom stereocenters. The van der Waals surface area contributed by atoms with E-state index in [2.05, 4.69) is 13.8 Å². The van der Waals surface area contributed by atoms with Crippen molar-refractivity contribution in [3.63, 3.8) is 0 Å². The average molecular weight is 246 g/mol. The number of rotatable bonds is 2. The third kappa shape index (κ3) is 1.64. The maximum Gasteiger partial charge on any atom is 0.0975 e. The molecule has 100 valence electrons. The van der Waals surface area contributed by atoms with E-state index in [9.17, 15) is 0 Å². The predicted molar refractivity (Wildman–Crippen MR) is 74.5 cm³/mol. The number of aliphatic imine (C=N–C) groups is 1. The summed E-state index contributed by atoms with van der Waals surface area (Å²) >= 11 is 0. The summed E-state index contributed by atoms with van der Waals surface area (Å²) in [5.41, 5.74) is 7.58. The van der Waals surface area contributed by atoms with Crippen LogP contribution in [0, 0.1) is 22.7 Å². The first-order valence-corrected chi connectivity index (χ1v) is 7.75. The van der Waals surface area contributed by atoms with Gasteiger partial charge in [0.2, 0.25) is 0 Å². The highest BCUT2D eigenvalue weighted by Crippen LogP contribution is 2.67. The van der Waals surface area contributed by atoms with E-state index in [4.69, 9.17) is 10.7 Å². The molecule has 0 aromatic rings. The molecular formula is C16H26N2. The fourth-order valence-corrected chi connectivity index (χ4v) is 6.26. The fraction of sp³-hybridized carbons (Fsp3) is 0.938. The lowest BCUT2D eigenvalue weighted by atomic mass is 9.43. The smallest absolute Gasteiger partial charge is 0.0975 e. The fourth-order valence-electron chi connectivity index (χ4n) is 6.26. The van der Waals surface area contributed by atoms with Crippen molar-refractivity contribution in [1.82, 2.24) is 0 Å². The van der Waals surface area contributed by atoms with Gasteiger partial charge in [-0.05, 0) is 68.1 Å². The summed E-state index contributed by atoms with van der Waals surface area (Å²) < 4.78 is 0. The van der Waals surface area contributed by atoms with Crippen molar-refractivity contribution in [1.29, 1.82) is 0 Å². The van der Waals surface area contributed by atoms with E-state index in [0.717, 1.165) is 11.8 Å². The van der Waals surface area contributed by atoms with Gasteiger partial charge in [-0.15, -0.1) is 0 Å². The lowest BCUT2D eigenvalue weighted by molar-refractivity contribution is -0.104. The Balaban J connectivity index is 1.70. The van der Waals surface area contributed by atoms with Gasteiger partial charge in [-0.25, -0.2) is 0 Å². The van der Waals surface area contributed by atoms with E-state index in [1.165, 1.54) is 51.4 Å². The number of hydrogen-bond acceptors (Lipinski definition) is 1. The van der Waals surface area contributed by atoms with Gasteiger partial charge in [-0.3, -0.25) is 4.99 Å². The standard InChI is InChI=1S/C16H26N2/c1-14-5-11-6-15(2,8-14)10-16(7-11,9-14)18-13(17)12-3-4-12/h11-12H,3-10H2,1-2H3,(H2,17,18). The Labute approximate surface area is 110 Å². The topological polar surface area (TPSA) is 38.4 Å². The molecule has 0 amide bonds. The third-order valence-corrected chi connectivity index (χ3v) is 5.96. The molecule has 5 fully saturated rings. The predicted octanol–water partition coefficient (Wildman–Crippen LogP) is 3.50. The monoisotopic (exact) mass is 246 g/mol. The van der Waals surface area contributed by atoms with Crippen molar-refractivity contribution >= 4 is 5.84 Å². The normalized spacial score (nSPS) is 55.0. The molecular weight excluding hydrogens is 220 g/mol. The van der Waals surface area contributed by atoms with Crippen LogP contribution in [-0.4, -0.2) is 11.4 Å². The van der Waals surface area contributed by atoms with Crippen LogP contribution in [0.15, 0.2) is 4.99 Å². The minimum atomic E-state index is 0.232. The molecule has 18 heavy (non-hydrogen) atoms. The molecule has 4 bridgehead atoms. The van der Waals surface area contributed by atoms with Gasteiger partial charge in [0.05, 0.1) is 11.4 Å². The zero-order chi connectivity index (χ0) is 12.6. The van der Waals surface area contributed by atoms with E-state index in [0.29, 0.717) is 16.7 Å². The summed E-state index contributed by atoms with van der Waals surface area (Å²) in [5, 5.41) is 0. The largest absolute Gasteiger partial charge is 0.387 e. The van der Waals surface area contributed by atoms with Crippen molar-refractivity contribution in [2.45, 2.75) is 70.8 Å². The molecule has 0 aromatic carbocycles. The van der Waals surface area contributed by atoms with Crippen LogP contribution in [0.3, 0.4) is 0 Å². The Morgan fingerprint density at radius 1 is 1.00 bits per heavy atom. The molecule has 2 nitrogen and oxygen atoms in total. The lowest BCUT2D eigenvalue weighted by Gasteiger charge is -2.64. The minimum Gasteiger partial charge on any atom is -0.387 e. The molecule has 5 rings (SSSR count). The SMILES string of the molecule is CC12CC3CC(C)(C1)CC(N=C(N)C1CC1)(C3)C2. The van der Waals surface area contributed by atoms with Crippen molar-refractivity contribution in [2.24, 2.45) is 33.4 Å². The summed E-state index contributed by atoms with van der Waals surface area (Å²) in [4.78, 5) is 5.12. The van der Waals surface area contributed by atoms with Crippen LogP contribution in [0.25, 0.3) is 0 Å². The first-order valence-electron chi connectivity index (χ1n) is 7.75. The van der Waals surface area contributed by atoms with E-state index < -0.39 is 0 Å². The summed E-state index contributed by atoms with van der Waals surface area (Å²) in [5.74, 6) is 2.55. The Morgan fingerprint density at radius 2 is 1.61 bits per heavy atom. The number of nitrogens with zero attached hydrogens (tertiary/aromatic N) is 1. The molecule has 0 aromatic heterocycles. The second-order valence-electron chi connectivity index (χ2n) is 8.67. The number of nitrogens with two attached hydrogens (primary N) is 1. The highest BCUT2D eigenvalue weighted by molar-refractivity contribution is 5.85. The number of amidine groups is 1. The summed E-state index contributed by atoms with van der Waals surface area (Å²) in [7, 11) is 0. The molecule has 0 radical (unpaired) electrons. The molecule has 2 heteroatoms. The van der Waals surface area contributed by atoms with Gasteiger partial charge in [0, 0.05) is 5.92 Å². The Bertz CT molecular complexity index is 403. The van der Waals surface area contributed by atoms with E-state index in [1.54, 1.807) is 0 Å². The maximum absolute atomic E-state index is 6.24. The van der Waals surface area contributed by atoms with Gasteiger partial charge in [-0.1, -0.05) is 13.8 Å². The molecule has 2 N–H and O–H groups in total. The van der Waals surface area contributed by atoms with Gasteiger partial charge < -0.3 is 5.73 Å². The van der Waals surface area contributed by atoms with Crippen LogP contribution in [0.1, 0.15) is 65.2 Å².